The molecule has 150 valence electrons. The van der Waals surface area contributed by atoms with Crippen molar-refractivity contribution in [2.24, 2.45) is 0 Å². The van der Waals surface area contributed by atoms with Gasteiger partial charge in [-0.3, -0.25) is 4.79 Å². The summed E-state index contributed by atoms with van der Waals surface area (Å²) in [5.74, 6) is -0.420. The molecule has 0 aliphatic heterocycles. The van der Waals surface area contributed by atoms with E-state index in [-0.39, 0.29) is 5.11 Å². The summed E-state index contributed by atoms with van der Waals surface area (Å²) in [4.78, 5) is 12.5. The minimum Gasteiger partial charge on any atom is -0.339 e. The molecule has 1 amide bonds. The molecule has 11 heteroatoms. The van der Waals surface area contributed by atoms with Gasteiger partial charge in [0.15, 0.2) is 5.11 Å². The van der Waals surface area contributed by atoms with Crippen LogP contribution < -0.4 is 16.0 Å². The standard InChI is InChI=1S/C17H13Br3Cl3N3OS/c1-8-6-11(19)13(12(20)7-8)24-16(28)26-15(17(21,22)23)25-14(27)9-2-4-10(18)5-3-9/h2-7,15H,1H3,(H,25,27)(H2,24,26,28)/t15-/m0/s1. The van der Waals surface area contributed by atoms with Crippen LogP contribution in [0.5, 0.6) is 0 Å². The second-order valence-electron chi connectivity index (χ2n) is 5.66. The van der Waals surface area contributed by atoms with Gasteiger partial charge in [0, 0.05) is 19.0 Å². The van der Waals surface area contributed by atoms with Crippen LogP contribution in [0.3, 0.4) is 0 Å². The summed E-state index contributed by atoms with van der Waals surface area (Å²) >= 11 is 33.7. The highest BCUT2D eigenvalue weighted by molar-refractivity contribution is 9.11. The zero-order valence-electron chi connectivity index (χ0n) is 14.1. The van der Waals surface area contributed by atoms with Gasteiger partial charge < -0.3 is 16.0 Å². The van der Waals surface area contributed by atoms with E-state index < -0.39 is 15.9 Å². The van der Waals surface area contributed by atoms with Gasteiger partial charge in [0.25, 0.3) is 5.91 Å². The van der Waals surface area contributed by atoms with Crippen molar-refractivity contribution in [1.29, 1.82) is 0 Å². The topological polar surface area (TPSA) is 53.2 Å². The van der Waals surface area contributed by atoms with Gasteiger partial charge in [-0.2, -0.15) is 0 Å². The number of benzene rings is 2. The van der Waals surface area contributed by atoms with Crippen molar-refractivity contribution in [1.82, 2.24) is 10.6 Å². The van der Waals surface area contributed by atoms with Gasteiger partial charge in [-0.15, -0.1) is 0 Å². The van der Waals surface area contributed by atoms with E-state index in [4.69, 9.17) is 47.0 Å². The number of hydrogen-bond donors (Lipinski definition) is 3. The summed E-state index contributed by atoms with van der Waals surface area (Å²) in [5.41, 5.74) is 2.17. The fourth-order valence-corrected chi connectivity index (χ4v) is 4.54. The number of thiocarbonyl (C=S) groups is 1. The molecule has 0 heterocycles. The maximum Gasteiger partial charge on any atom is 0.252 e. The normalized spacial score (nSPS) is 12.2. The van der Waals surface area contributed by atoms with E-state index >= 15 is 0 Å². The summed E-state index contributed by atoms with van der Waals surface area (Å²) in [6.07, 6.45) is -1.07. The molecule has 0 unspecified atom stereocenters. The van der Waals surface area contributed by atoms with Crippen LogP contribution >= 0.6 is 94.8 Å². The average Bonchev–Trinajstić information content (AvgIpc) is 2.57. The van der Waals surface area contributed by atoms with Crippen molar-refractivity contribution in [3.05, 3.63) is 60.9 Å². The van der Waals surface area contributed by atoms with E-state index in [1.165, 1.54) is 0 Å². The lowest BCUT2D eigenvalue weighted by molar-refractivity contribution is 0.0934. The van der Waals surface area contributed by atoms with E-state index in [9.17, 15) is 4.79 Å². The second-order valence-corrected chi connectivity index (χ2v) is 11.1. The van der Waals surface area contributed by atoms with Crippen molar-refractivity contribution in [3.63, 3.8) is 0 Å². The lowest BCUT2D eigenvalue weighted by Gasteiger charge is -2.28. The molecular formula is C17H13Br3Cl3N3OS. The second kappa shape index (κ2) is 10.3. The highest BCUT2D eigenvalue weighted by atomic mass is 79.9. The van der Waals surface area contributed by atoms with E-state index in [2.05, 4.69) is 63.7 Å². The lowest BCUT2D eigenvalue weighted by Crippen LogP contribution is -2.56. The quantitative estimate of drug-likeness (QED) is 0.196. The number of rotatable bonds is 4. The molecule has 0 bridgehead atoms. The molecule has 0 radical (unpaired) electrons. The predicted octanol–water partition coefficient (Wildman–Crippen LogP) is 6.70. The Kier molecular flexibility index (Phi) is 8.88. The van der Waals surface area contributed by atoms with Crippen LogP contribution in [-0.4, -0.2) is 21.0 Å². The average molecular weight is 653 g/mol. The first-order chi connectivity index (χ1) is 13.0. The van der Waals surface area contributed by atoms with Gasteiger partial charge >= 0.3 is 0 Å². The Labute approximate surface area is 208 Å². The Morgan fingerprint density at radius 2 is 1.57 bits per heavy atom. The van der Waals surface area contributed by atoms with Crippen molar-refractivity contribution < 1.29 is 4.79 Å². The van der Waals surface area contributed by atoms with Gasteiger partial charge in [-0.25, -0.2) is 0 Å². The fourth-order valence-electron chi connectivity index (χ4n) is 2.12. The number of alkyl halides is 3. The van der Waals surface area contributed by atoms with E-state index in [0.717, 1.165) is 19.0 Å². The first-order valence-corrected chi connectivity index (χ1v) is 11.6. The molecule has 1 atom stereocenters. The number of halogens is 6. The zero-order valence-corrected chi connectivity index (χ0v) is 22.0. The predicted molar refractivity (Wildman–Crippen MR) is 132 cm³/mol. The molecule has 0 aliphatic carbocycles. The van der Waals surface area contributed by atoms with Crippen molar-refractivity contribution in [2.45, 2.75) is 16.9 Å². The molecule has 3 N–H and O–H groups in total. The summed E-state index contributed by atoms with van der Waals surface area (Å²) in [6.45, 7) is 1.96. The minimum atomic E-state index is -1.85. The number of carbonyl (C=O) groups excluding carboxylic acids is 1. The van der Waals surface area contributed by atoms with Crippen LogP contribution in [0.4, 0.5) is 5.69 Å². The highest BCUT2D eigenvalue weighted by Gasteiger charge is 2.35. The number of hydrogen-bond acceptors (Lipinski definition) is 2. The van der Waals surface area contributed by atoms with Crippen molar-refractivity contribution >= 4 is 112 Å². The Balaban J connectivity index is 2.13. The summed E-state index contributed by atoms with van der Waals surface area (Å²) < 4.78 is 0.596. The minimum absolute atomic E-state index is 0.165. The Morgan fingerprint density at radius 1 is 1.04 bits per heavy atom. The fraction of sp³-hybridized carbons (Fsp3) is 0.176. The molecular weight excluding hydrogens is 640 g/mol. The third-order valence-electron chi connectivity index (χ3n) is 3.41. The molecule has 2 aromatic rings. The number of amides is 1. The number of nitrogens with one attached hydrogen (secondary N) is 3. The van der Waals surface area contributed by atoms with Gasteiger partial charge in [0.1, 0.15) is 6.17 Å². The molecule has 0 saturated heterocycles. The van der Waals surface area contributed by atoms with E-state index in [0.29, 0.717) is 11.3 Å². The Bertz CT molecular complexity index is 868. The monoisotopic (exact) mass is 649 g/mol. The van der Waals surface area contributed by atoms with Crippen LogP contribution in [0.15, 0.2) is 49.8 Å². The molecule has 28 heavy (non-hydrogen) atoms. The zero-order chi connectivity index (χ0) is 21.1. The SMILES string of the molecule is Cc1cc(Br)c(NC(=S)N[C@H](NC(=O)c2ccc(Br)cc2)C(Cl)(Cl)Cl)c(Br)c1. The molecule has 2 aromatic carbocycles. The third-order valence-corrected chi connectivity index (χ3v) is 6.06. The Morgan fingerprint density at radius 3 is 2.07 bits per heavy atom. The number of carbonyl (C=O) groups is 1. The smallest absolute Gasteiger partial charge is 0.252 e. The molecule has 0 spiro atoms. The number of aryl methyl sites for hydroxylation is 1. The number of anilines is 1. The first-order valence-electron chi connectivity index (χ1n) is 7.63. The lowest BCUT2D eigenvalue weighted by atomic mass is 10.2. The molecule has 0 saturated carbocycles. The molecule has 0 aromatic heterocycles. The highest BCUT2D eigenvalue weighted by Crippen LogP contribution is 2.33. The molecule has 4 nitrogen and oxygen atoms in total. The van der Waals surface area contributed by atoms with Crippen LogP contribution in [-0.2, 0) is 0 Å². The molecule has 0 aliphatic rings. The van der Waals surface area contributed by atoms with Gasteiger partial charge in [-0.05, 0) is 93.0 Å². The maximum atomic E-state index is 12.5. The van der Waals surface area contributed by atoms with Crippen molar-refractivity contribution in [2.75, 3.05) is 5.32 Å². The summed E-state index contributed by atoms with van der Waals surface area (Å²) in [6, 6.07) is 10.6. The first kappa shape index (κ1) is 24.2. The third kappa shape index (κ3) is 7.00. The molecule has 0 fully saturated rings. The van der Waals surface area contributed by atoms with Gasteiger partial charge in [0.2, 0.25) is 3.79 Å². The van der Waals surface area contributed by atoms with Crippen LogP contribution in [0, 0.1) is 6.92 Å². The van der Waals surface area contributed by atoms with Gasteiger partial charge in [-0.1, -0.05) is 50.7 Å². The van der Waals surface area contributed by atoms with E-state index in [1.807, 2.05) is 19.1 Å². The summed E-state index contributed by atoms with van der Waals surface area (Å²) in [5, 5.41) is 8.65. The van der Waals surface area contributed by atoms with Gasteiger partial charge in [0.05, 0.1) is 5.69 Å². The molecule has 2 rings (SSSR count). The summed E-state index contributed by atoms with van der Waals surface area (Å²) in [7, 11) is 0. The van der Waals surface area contributed by atoms with E-state index in [1.54, 1.807) is 24.3 Å². The Hall–Kier alpha value is -0.0900. The van der Waals surface area contributed by atoms with Crippen LogP contribution in [0.1, 0.15) is 15.9 Å². The largest absolute Gasteiger partial charge is 0.339 e. The van der Waals surface area contributed by atoms with Crippen LogP contribution in [0.25, 0.3) is 0 Å². The van der Waals surface area contributed by atoms with Crippen LogP contribution in [0.2, 0.25) is 0 Å². The maximum absolute atomic E-state index is 12.5. The van der Waals surface area contributed by atoms with Crippen molar-refractivity contribution in [3.8, 4) is 0 Å².